The van der Waals surface area contributed by atoms with Crippen molar-refractivity contribution in [3.05, 3.63) is 54.1 Å². The number of amides is 1. The van der Waals surface area contributed by atoms with Crippen LogP contribution in [0.3, 0.4) is 0 Å². The number of carbonyl (C=O) groups is 1. The maximum Gasteiger partial charge on any atom is 0.251 e. The maximum absolute atomic E-state index is 13.4. The lowest BCUT2D eigenvalue weighted by molar-refractivity contribution is -0.121. The van der Waals surface area contributed by atoms with Gasteiger partial charge in [-0.2, -0.15) is 0 Å². The number of hydrogen-bond donors (Lipinski definition) is 1. The number of carbonyl (C=O) groups excluding carboxylic acids is 1. The molecule has 2 aromatic carbocycles. The molecule has 1 N–H and O–H groups in total. The Morgan fingerprint density at radius 1 is 0.938 bits per heavy atom. The van der Waals surface area contributed by atoms with Gasteiger partial charge in [0.25, 0.3) is 5.79 Å². The topological polar surface area (TPSA) is 84.9 Å². The average Bonchev–Trinajstić information content (AvgIpc) is 3.12. The fourth-order valence-corrected chi connectivity index (χ4v) is 6.05. The smallest absolute Gasteiger partial charge is 0.251 e. The van der Waals surface area contributed by atoms with Gasteiger partial charge in [-0.25, -0.2) is 8.42 Å². The maximum atomic E-state index is 13.4. The Labute approximate surface area is 188 Å². The molecule has 1 aliphatic carbocycles. The van der Waals surface area contributed by atoms with Gasteiger partial charge < -0.3 is 14.8 Å². The molecule has 1 spiro atoms. The van der Waals surface area contributed by atoms with E-state index >= 15 is 0 Å². The van der Waals surface area contributed by atoms with Gasteiger partial charge in [-0.3, -0.25) is 9.69 Å². The summed E-state index contributed by atoms with van der Waals surface area (Å²) >= 11 is 0. The summed E-state index contributed by atoms with van der Waals surface area (Å²) in [5, 5.41) is 3.01. The summed E-state index contributed by atoms with van der Waals surface area (Å²) in [6.45, 7) is 0.665. The first-order valence-electron chi connectivity index (χ1n) is 11.3. The Hall–Kier alpha value is -2.58. The van der Waals surface area contributed by atoms with Crippen LogP contribution in [0.5, 0.6) is 11.5 Å². The Balaban J connectivity index is 1.35. The molecule has 3 aliphatic rings. The summed E-state index contributed by atoms with van der Waals surface area (Å²) in [6.07, 6.45) is 5.11. The molecule has 1 saturated heterocycles. The molecule has 170 valence electrons. The number of rotatable bonds is 4. The third-order valence-corrected chi connectivity index (χ3v) is 8.14. The molecule has 0 aromatic heterocycles. The second-order valence-corrected chi connectivity index (χ2v) is 11.1. The zero-order chi connectivity index (χ0) is 22.2. The predicted molar refractivity (Wildman–Crippen MR) is 122 cm³/mol. The normalized spacial score (nSPS) is 22.4. The van der Waals surface area contributed by atoms with Crippen molar-refractivity contribution in [2.75, 3.05) is 29.9 Å². The minimum absolute atomic E-state index is 0.0652. The standard InChI is InChI=1S/C24H28N2O5S/c27-23(22(18-7-3-1-4-8-18)26-13-15-32(28,29)16-14-26)25-19-9-10-20-21(17-19)31-24(30-20)11-5-2-6-12-24/h1,3-4,7-10,17,22H,2,5-6,11-16H2,(H,25,27). The largest absolute Gasteiger partial charge is 0.448 e. The summed E-state index contributed by atoms with van der Waals surface area (Å²) < 4.78 is 36.1. The predicted octanol–water partition coefficient (Wildman–Crippen LogP) is 3.53. The molecule has 0 radical (unpaired) electrons. The van der Waals surface area contributed by atoms with Gasteiger partial charge in [0.15, 0.2) is 21.3 Å². The number of nitrogens with zero attached hydrogens (tertiary/aromatic N) is 1. The van der Waals surface area contributed by atoms with Crippen LogP contribution in [0.1, 0.15) is 43.7 Å². The van der Waals surface area contributed by atoms with Gasteiger partial charge in [0.2, 0.25) is 5.91 Å². The van der Waals surface area contributed by atoms with Crippen molar-refractivity contribution in [2.45, 2.75) is 43.9 Å². The molecule has 0 bridgehead atoms. The van der Waals surface area contributed by atoms with E-state index in [0.717, 1.165) is 31.2 Å². The van der Waals surface area contributed by atoms with Crippen molar-refractivity contribution < 1.29 is 22.7 Å². The number of sulfone groups is 1. The van der Waals surface area contributed by atoms with E-state index in [2.05, 4.69) is 5.32 Å². The van der Waals surface area contributed by atoms with E-state index in [1.165, 1.54) is 6.42 Å². The van der Waals surface area contributed by atoms with Crippen LogP contribution < -0.4 is 14.8 Å². The highest BCUT2D eigenvalue weighted by atomic mass is 32.2. The third kappa shape index (κ3) is 4.34. The lowest BCUT2D eigenvalue weighted by Gasteiger charge is -2.33. The van der Waals surface area contributed by atoms with Crippen molar-refractivity contribution in [3.63, 3.8) is 0 Å². The highest BCUT2D eigenvalue weighted by Gasteiger charge is 2.42. The Kier molecular flexibility index (Phi) is 5.59. The highest BCUT2D eigenvalue weighted by Crippen LogP contribution is 2.46. The molecule has 8 heteroatoms. The monoisotopic (exact) mass is 456 g/mol. The summed E-state index contributed by atoms with van der Waals surface area (Å²) in [5.74, 6) is 0.748. The van der Waals surface area contributed by atoms with E-state index in [0.29, 0.717) is 30.3 Å². The molecule has 1 unspecified atom stereocenters. The first kappa shape index (κ1) is 21.3. The molecule has 1 atom stereocenters. The molecule has 2 aliphatic heterocycles. The van der Waals surface area contributed by atoms with E-state index in [1.807, 2.05) is 53.4 Å². The number of fused-ring (bicyclic) bond motifs is 1. The molecule has 5 rings (SSSR count). The van der Waals surface area contributed by atoms with E-state index < -0.39 is 21.7 Å². The number of ether oxygens (including phenoxy) is 2. The van der Waals surface area contributed by atoms with E-state index in [1.54, 1.807) is 0 Å². The minimum Gasteiger partial charge on any atom is -0.448 e. The molecule has 2 heterocycles. The zero-order valence-electron chi connectivity index (χ0n) is 18.0. The first-order valence-corrected chi connectivity index (χ1v) is 13.1. The minimum atomic E-state index is -3.04. The Morgan fingerprint density at radius 2 is 1.62 bits per heavy atom. The number of anilines is 1. The van der Waals surface area contributed by atoms with E-state index in [9.17, 15) is 13.2 Å². The molecule has 2 fully saturated rings. The average molecular weight is 457 g/mol. The Bertz CT molecular complexity index is 1080. The van der Waals surface area contributed by atoms with Crippen molar-refractivity contribution in [3.8, 4) is 11.5 Å². The first-order chi connectivity index (χ1) is 15.4. The third-order valence-electron chi connectivity index (χ3n) is 6.53. The van der Waals surface area contributed by atoms with Crippen molar-refractivity contribution in [1.29, 1.82) is 0 Å². The Morgan fingerprint density at radius 3 is 2.34 bits per heavy atom. The lowest BCUT2D eigenvalue weighted by Crippen LogP contribution is -2.46. The van der Waals surface area contributed by atoms with Crippen molar-refractivity contribution >= 4 is 21.4 Å². The van der Waals surface area contributed by atoms with Crippen molar-refractivity contribution in [2.24, 2.45) is 0 Å². The van der Waals surface area contributed by atoms with Gasteiger partial charge in [-0.15, -0.1) is 0 Å². The fraction of sp³-hybridized carbons (Fsp3) is 0.458. The summed E-state index contributed by atoms with van der Waals surface area (Å²) in [4.78, 5) is 15.3. The summed E-state index contributed by atoms with van der Waals surface area (Å²) in [7, 11) is -3.04. The van der Waals surface area contributed by atoms with Crippen LogP contribution in [0.2, 0.25) is 0 Å². The molecular weight excluding hydrogens is 428 g/mol. The molecule has 7 nitrogen and oxygen atoms in total. The van der Waals surface area contributed by atoms with Gasteiger partial charge in [0, 0.05) is 37.7 Å². The van der Waals surface area contributed by atoms with Crippen LogP contribution in [0.4, 0.5) is 5.69 Å². The molecule has 32 heavy (non-hydrogen) atoms. The number of benzene rings is 2. The highest BCUT2D eigenvalue weighted by molar-refractivity contribution is 7.91. The van der Waals surface area contributed by atoms with Gasteiger partial charge in [0.1, 0.15) is 6.04 Å². The summed E-state index contributed by atoms with van der Waals surface area (Å²) in [5.41, 5.74) is 1.47. The van der Waals surface area contributed by atoms with Gasteiger partial charge >= 0.3 is 0 Å². The van der Waals surface area contributed by atoms with Crippen molar-refractivity contribution in [1.82, 2.24) is 4.90 Å². The van der Waals surface area contributed by atoms with Crippen LogP contribution in [0.25, 0.3) is 0 Å². The van der Waals surface area contributed by atoms with Crippen LogP contribution in [-0.2, 0) is 14.6 Å². The molecular formula is C24H28N2O5S. The number of nitrogens with one attached hydrogen (secondary N) is 1. The molecule has 1 saturated carbocycles. The van der Waals surface area contributed by atoms with Gasteiger partial charge in [-0.05, 0) is 30.5 Å². The van der Waals surface area contributed by atoms with Gasteiger partial charge in [-0.1, -0.05) is 36.8 Å². The second-order valence-electron chi connectivity index (χ2n) is 8.83. The van der Waals surface area contributed by atoms with Crippen LogP contribution >= 0.6 is 0 Å². The fourth-order valence-electron chi connectivity index (χ4n) is 4.82. The molecule has 1 amide bonds. The van der Waals surface area contributed by atoms with Gasteiger partial charge in [0.05, 0.1) is 11.5 Å². The zero-order valence-corrected chi connectivity index (χ0v) is 18.8. The quantitative estimate of drug-likeness (QED) is 0.758. The summed E-state index contributed by atoms with van der Waals surface area (Å²) in [6, 6.07) is 14.4. The number of hydrogen-bond acceptors (Lipinski definition) is 6. The molecule has 2 aromatic rings. The van der Waals surface area contributed by atoms with E-state index in [4.69, 9.17) is 9.47 Å². The SMILES string of the molecule is O=C(Nc1ccc2c(c1)OC1(CCCCC1)O2)C(c1ccccc1)N1CCS(=O)(=O)CC1. The van der Waals surface area contributed by atoms with Crippen LogP contribution in [-0.4, -0.2) is 49.6 Å². The second kappa shape index (κ2) is 8.41. The van der Waals surface area contributed by atoms with E-state index in [-0.39, 0.29) is 17.4 Å². The van der Waals surface area contributed by atoms with Crippen LogP contribution in [0.15, 0.2) is 48.5 Å². The lowest BCUT2D eigenvalue weighted by atomic mass is 9.94. The van der Waals surface area contributed by atoms with Crippen LogP contribution in [0, 0.1) is 0 Å².